The minimum Gasteiger partial charge on any atom is -0.377 e. The van der Waals surface area contributed by atoms with E-state index in [0.29, 0.717) is 5.92 Å². The van der Waals surface area contributed by atoms with Gasteiger partial charge in [0, 0.05) is 24.5 Å². The zero-order valence-corrected chi connectivity index (χ0v) is 12.8. The summed E-state index contributed by atoms with van der Waals surface area (Å²) in [7, 11) is 0. The summed E-state index contributed by atoms with van der Waals surface area (Å²) in [5.74, 6) is 0.889. The largest absolute Gasteiger partial charge is 0.377 e. The van der Waals surface area contributed by atoms with Crippen molar-refractivity contribution in [3.05, 3.63) is 0 Å². The molecule has 0 bridgehead atoms. The van der Waals surface area contributed by atoms with Crippen LogP contribution in [0.1, 0.15) is 52.4 Å². The van der Waals surface area contributed by atoms with Gasteiger partial charge in [0.15, 0.2) is 0 Å². The average molecular weight is 280 g/mol. The SMILES string of the molecule is CC1(C)C2OCCCC2C1(N)C(=O)NCC1CCCC1. The number of carbonyl (C=O) groups is 1. The molecule has 2 aliphatic carbocycles. The molecule has 3 atom stereocenters. The van der Waals surface area contributed by atoms with Crippen LogP contribution < -0.4 is 11.1 Å². The maximum atomic E-state index is 12.7. The molecule has 4 heteroatoms. The molecule has 3 N–H and O–H groups in total. The van der Waals surface area contributed by atoms with Crippen molar-refractivity contribution in [2.24, 2.45) is 23.0 Å². The van der Waals surface area contributed by atoms with Crippen molar-refractivity contribution in [2.45, 2.75) is 64.0 Å². The molecule has 114 valence electrons. The Morgan fingerprint density at radius 3 is 2.65 bits per heavy atom. The molecular weight excluding hydrogens is 252 g/mol. The second-order valence-electron chi connectivity index (χ2n) is 7.49. The van der Waals surface area contributed by atoms with Crippen LogP contribution in [-0.4, -0.2) is 30.7 Å². The van der Waals surface area contributed by atoms with Gasteiger partial charge < -0.3 is 15.8 Å². The molecule has 0 spiro atoms. The highest BCUT2D eigenvalue weighted by Crippen LogP contribution is 2.57. The molecule has 1 saturated heterocycles. The molecule has 0 radical (unpaired) electrons. The number of fused-ring (bicyclic) bond motifs is 1. The van der Waals surface area contributed by atoms with Crippen LogP contribution in [0.3, 0.4) is 0 Å². The lowest BCUT2D eigenvalue weighted by atomic mass is 9.46. The highest BCUT2D eigenvalue weighted by atomic mass is 16.5. The van der Waals surface area contributed by atoms with Crippen molar-refractivity contribution in [1.29, 1.82) is 0 Å². The van der Waals surface area contributed by atoms with Crippen LogP contribution in [0.5, 0.6) is 0 Å². The van der Waals surface area contributed by atoms with E-state index in [0.717, 1.165) is 26.0 Å². The summed E-state index contributed by atoms with van der Waals surface area (Å²) in [5.41, 5.74) is 5.55. The molecule has 0 aromatic rings. The third-order valence-electron chi connectivity index (χ3n) is 6.09. The van der Waals surface area contributed by atoms with E-state index in [1.54, 1.807) is 0 Å². The predicted molar refractivity (Wildman–Crippen MR) is 78.1 cm³/mol. The lowest BCUT2D eigenvalue weighted by Crippen LogP contribution is -2.82. The average Bonchev–Trinajstić information content (AvgIpc) is 2.97. The van der Waals surface area contributed by atoms with Crippen molar-refractivity contribution >= 4 is 5.91 Å². The Kier molecular flexibility index (Phi) is 3.57. The number of nitrogens with two attached hydrogens (primary N) is 1. The lowest BCUT2D eigenvalue weighted by Gasteiger charge is -2.65. The molecular formula is C16H28N2O2. The smallest absolute Gasteiger partial charge is 0.241 e. The summed E-state index contributed by atoms with van der Waals surface area (Å²) in [5, 5.41) is 3.14. The summed E-state index contributed by atoms with van der Waals surface area (Å²) in [6.07, 6.45) is 7.29. The monoisotopic (exact) mass is 280 g/mol. The minimum atomic E-state index is -0.753. The van der Waals surface area contributed by atoms with Gasteiger partial charge in [-0.1, -0.05) is 26.7 Å². The first kappa shape index (κ1) is 14.3. The number of amides is 1. The summed E-state index contributed by atoms with van der Waals surface area (Å²) < 4.78 is 5.86. The lowest BCUT2D eigenvalue weighted by molar-refractivity contribution is -0.225. The van der Waals surface area contributed by atoms with Crippen LogP contribution in [0.4, 0.5) is 0 Å². The van der Waals surface area contributed by atoms with Crippen LogP contribution in [0.15, 0.2) is 0 Å². The van der Waals surface area contributed by atoms with Gasteiger partial charge in [-0.2, -0.15) is 0 Å². The molecule has 20 heavy (non-hydrogen) atoms. The fourth-order valence-electron chi connectivity index (χ4n) is 4.63. The Hall–Kier alpha value is -0.610. The van der Waals surface area contributed by atoms with Crippen LogP contribution in [-0.2, 0) is 9.53 Å². The molecule has 3 fully saturated rings. The van der Waals surface area contributed by atoms with Crippen LogP contribution in [0.2, 0.25) is 0 Å². The molecule has 0 aromatic heterocycles. The zero-order chi connectivity index (χ0) is 14.4. The van der Waals surface area contributed by atoms with E-state index in [2.05, 4.69) is 19.2 Å². The minimum absolute atomic E-state index is 0.0427. The number of hydrogen-bond donors (Lipinski definition) is 2. The normalized spacial score (nSPS) is 40.0. The molecule has 4 nitrogen and oxygen atoms in total. The number of ether oxygens (including phenoxy) is 1. The topological polar surface area (TPSA) is 64.3 Å². The quantitative estimate of drug-likeness (QED) is 0.829. The van der Waals surface area contributed by atoms with E-state index in [4.69, 9.17) is 10.5 Å². The van der Waals surface area contributed by atoms with Gasteiger partial charge in [-0.15, -0.1) is 0 Å². The first-order chi connectivity index (χ1) is 9.48. The second-order valence-corrected chi connectivity index (χ2v) is 7.49. The van der Waals surface area contributed by atoms with Crippen molar-refractivity contribution < 1.29 is 9.53 Å². The Balaban J connectivity index is 1.65. The van der Waals surface area contributed by atoms with Crippen LogP contribution in [0.25, 0.3) is 0 Å². The highest BCUT2D eigenvalue weighted by Gasteiger charge is 2.70. The first-order valence-corrected chi connectivity index (χ1v) is 8.16. The summed E-state index contributed by atoms with van der Waals surface area (Å²) in [6.45, 7) is 5.76. The van der Waals surface area contributed by atoms with Crippen LogP contribution in [0, 0.1) is 17.3 Å². The van der Waals surface area contributed by atoms with Gasteiger partial charge in [-0.25, -0.2) is 0 Å². The molecule has 3 unspecified atom stereocenters. The van der Waals surface area contributed by atoms with Gasteiger partial charge in [-0.05, 0) is 31.6 Å². The predicted octanol–water partition coefficient (Wildman–Crippen LogP) is 1.83. The van der Waals surface area contributed by atoms with E-state index in [1.165, 1.54) is 25.7 Å². The van der Waals surface area contributed by atoms with Gasteiger partial charge in [-0.3, -0.25) is 4.79 Å². The third kappa shape index (κ3) is 1.92. The van der Waals surface area contributed by atoms with E-state index < -0.39 is 5.54 Å². The molecule has 1 heterocycles. The van der Waals surface area contributed by atoms with Crippen molar-refractivity contribution in [3.8, 4) is 0 Å². The van der Waals surface area contributed by atoms with Gasteiger partial charge >= 0.3 is 0 Å². The van der Waals surface area contributed by atoms with E-state index in [9.17, 15) is 4.79 Å². The Labute approximate surface area is 121 Å². The maximum Gasteiger partial charge on any atom is 0.241 e. The van der Waals surface area contributed by atoms with Gasteiger partial charge in [0.05, 0.1) is 6.10 Å². The maximum absolute atomic E-state index is 12.7. The fourth-order valence-corrected chi connectivity index (χ4v) is 4.63. The van der Waals surface area contributed by atoms with E-state index >= 15 is 0 Å². The number of rotatable bonds is 3. The molecule has 1 aliphatic heterocycles. The van der Waals surface area contributed by atoms with Gasteiger partial charge in [0.25, 0.3) is 0 Å². The van der Waals surface area contributed by atoms with Crippen molar-refractivity contribution in [1.82, 2.24) is 5.32 Å². The third-order valence-corrected chi connectivity index (χ3v) is 6.09. The van der Waals surface area contributed by atoms with Crippen LogP contribution >= 0.6 is 0 Å². The van der Waals surface area contributed by atoms with Gasteiger partial charge in [0.1, 0.15) is 5.54 Å². The van der Waals surface area contributed by atoms with Crippen molar-refractivity contribution in [3.63, 3.8) is 0 Å². The molecule has 3 rings (SSSR count). The summed E-state index contributed by atoms with van der Waals surface area (Å²) >= 11 is 0. The molecule has 1 amide bonds. The summed E-state index contributed by atoms with van der Waals surface area (Å²) in [4.78, 5) is 12.7. The molecule has 3 aliphatic rings. The number of hydrogen-bond acceptors (Lipinski definition) is 3. The molecule has 2 saturated carbocycles. The number of nitrogens with one attached hydrogen (secondary N) is 1. The van der Waals surface area contributed by atoms with E-state index in [-0.39, 0.29) is 23.3 Å². The summed E-state index contributed by atoms with van der Waals surface area (Å²) in [6, 6.07) is 0. The first-order valence-electron chi connectivity index (χ1n) is 8.16. The highest BCUT2D eigenvalue weighted by molar-refractivity contribution is 5.89. The van der Waals surface area contributed by atoms with E-state index in [1.807, 2.05) is 0 Å². The second kappa shape index (κ2) is 4.99. The van der Waals surface area contributed by atoms with Gasteiger partial charge in [0.2, 0.25) is 5.91 Å². The Bertz CT molecular complexity index is 390. The number of carbonyl (C=O) groups excluding carboxylic acids is 1. The standard InChI is InChI=1S/C16H28N2O2/c1-15(2)13-12(8-5-9-20-13)16(15,17)14(19)18-10-11-6-3-4-7-11/h11-13H,3-10,17H2,1-2H3,(H,18,19). The fraction of sp³-hybridized carbons (Fsp3) is 0.938. The zero-order valence-electron chi connectivity index (χ0n) is 12.8. The van der Waals surface area contributed by atoms with Crippen molar-refractivity contribution in [2.75, 3.05) is 13.2 Å². The Morgan fingerprint density at radius 2 is 1.95 bits per heavy atom. The molecule has 0 aromatic carbocycles. The Morgan fingerprint density at radius 1 is 1.25 bits per heavy atom.